The first-order valence-electron chi connectivity index (χ1n) is 6.39. The Kier molecular flexibility index (Phi) is 4.89. The number of nitro groups is 1. The van der Waals surface area contributed by atoms with Crippen LogP contribution in [0.15, 0.2) is 12.3 Å². The van der Waals surface area contributed by atoms with Crippen LogP contribution in [0.25, 0.3) is 0 Å². The lowest BCUT2D eigenvalue weighted by molar-refractivity contribution is -0.385. The maximum atomic E-state index is 13.0. The molecule has 22 heavy (non-hydrogen) atoms. The van der Waals surface area contributed by atoms with Gasteiger partial charge in [-0.1, -0.05) is 0 Å². The van der Waals surface area contributed by atoms with Crippen LogP contribution in [0.3, 0.4) is 0 Å². The summed E-state index contributed by atoms with van der Waals surface area (Å²) in [6, 6.07) is 0.374. The van der Waals surface area contributed by atoms with Crippen molar-refractivity contribution in [2.75, 3.05) is 16.8 Å². The molecule has 0 saturated carbocycles. The third kappa shape index (κ3) is 3.87. The number of nitrogens with one attached hydrogen (secondary N) is 1. The highest BCUT2D eigenvalue weighted by Crippen LogP contribution is 2.36. The molecule has 1 aromatic heterocycles. The Morgan fingerprint density at radius 1 is 1.41 bits per heavy atom. The van der Waals surface area contributed by atoms with Crippen LogP contribution < -0.4 is 5.32 Å². The second-order valence-corrected chi connectivity index (χ2v) is 5.95. The molecular weight excluding hydrogens is 323 g/mol. The first kappa shape index (κ1) is 16.5. The number of pyridine rings is 1. The molecule has 1 amide bonds. The molecule has 0 bridgehead atoms. The molecule has 0 atom stereocenters. The van der Waals surface area contributed by atoms with Gasteiger partial charge in [-0.05, 0) is 24.3 Å². The Bertz CT molecular complexity index is 589. The predicted octanol–water partition coefficient (Wildman–Crippen LogP) is 3.09. The van der Waals surface area contributed by atoms with Gasteiger partial charge in [0.05, 0.1) is 4.92 Å². The minimum atomic E-state index is -4.84. The lowest BCUT2D eigenvalue weighted by Gasteiger charge is -2.21. The molecule has 1 N–H and O–H groups in total. The molecule has 0 aliphatic carbocycles. The van der Waals surface area contributed by atoms with E-state index in [4.69, 9.17) is 0 Å². The summed E-state index contributed by atoms with van der Waals surface area (Å²) < 4.78 is 38.9. The van der Waals surface area contributed by atoms with Gasteiger partial charge in [0.2, 0.25) is 5.91 Å². The number of rotatable bonds is 3. The Morgan fingerprint density at radius 3 is 2.59 bits per heavy atom. The molecule has 10 heteroatoms. The van der Waals surface area contributed by atoms with Crippen LogP contribution in [0.5, 0.6) is 0 Å². The molecule has 0 unspecified atom stereocenters. The smallest absolute Gasteiger partial charge is 0.310 e. The van der Waals surface area contributed by atoms with E-state index >= 15 is 0 Å². The number of nitrogens with zero attached hydrogens (tertiary/aromatic N) is 2. The molecule has 2 heterocycles. The molecule has 1 saturated heterocycles. The summed E-state index contributed by atoms with van der Waals surface area (Å²) in [4.78, 5) is 25.0. The summed E-state index contributed by atoms with van der Waals surface area (Å²) in [5, 5.41) is 12.7. The number of anilines is 1. The van der Waals surface area contributed by atoms with Crippen molar-refractivity contribution >= 4 is 29.2 Å². The van der Waals surface area contributed by atoms with Gasteiger partial charge < -0.3 is 5.32 Å². The predicted molar refractivity (Wildman–Crippen MR) is 74.6 cm³/mol. The second kappa shape index (κ2) is 6.51. The zero-order valence-electron chi connectivity index (χ0n) is 11.2. The summed E-state index contributed by atoms with van der Waals surface area (Å²) in [6.45, 7) is 0. The van der Waals surface area contributed by atoms with Crippen molar-refractivity contribution in [1.82, 2.24) is 4.98 Å². The quantitative estimate of drug-likeness (QED) is 0.678. The Labute approximate surface area is 127 Å². The number of aromatic nitrogens is 1. The lowest BCUT2D eigenvalue weighted by atomic mass is 10.0. The number of carbonyl (C=O) groups excluding carboxylic acids is 1. The SMILES string of the molecule is O=C(Nc1ncc([N+](=O)[O-])cc1C(F)(F)F)C1CCSCC1. The summed E-state index contributed by atoms with van der Waals surface area (Å²) in [5.41, 5.74) is -2.10. The third-order valence-electron chi connectivity index (χ3n) is 3.22. The number of thioether (sulfide) groups is 1. The molecule has 6 nitrogen and oxygen atoms in total. The van der Waals surface area contributed by atoms with Crippen LogP contribution >= 0.6 is 11.8 Å². The van der Waals surface area contributed by atoms with Crippen LogP contribution in [0, 0.1) is 16.0 Å². The Hall–Kier alpha value is -1.84. The van der Waals surface area contributed by atoms with Gasteiger partial charge in [0.1, 0.15) is 17.6 Å². The minimum Gasteiger partial charge on any atom is -0.310 e. The van der Waals surface area contributed by atoms with E-state index in [0.29, 0.717) is 25.1 Å². The molecule has 1 fully saturated rings. The van der Waals surface area contributed by atoms with Crippen molar-refractivity contribution in [3.05, 3.63) is 27.9 Å². The Morgan fingerprint density at radius 2 is 2.05 bits per heavy atom. The average Bonchev–Trinajstić information content (AvgIpc) is 2.47. The number of alkyl halides is 3. The van der Waals surface area contributed by atoms with Crippen LogP contribution in [0.4, 0.5) is 24.7 Å². The normalized spacial score (nSPS) is 16.3. The van der Waals surface area contributed by atoms with Gasteiger partial charge in [-0.2, -0.15) is 24.9 Å². The van der Waals surface area contributed by atoms with Gasteiger partial charge >= 0.3 is 6.18 Å². The van der Waals surface area contributed by atoms with Crippen molar-refractivity contribution in [3.8, 4) is 0 Å². The van der Waals surface area contributed by atoms with E-state index in [1.54, 1.807) is 11.8 Å². The van der Waals surface area contributed by atoms with E-state index in [-0.39, 0.29) is 5.92 Å². The fraction of sp³-hybridized carbons (Fsp3) is 0.500. The molecule has 1 aliphatic rings. The van der Waals surface area contributed by atoms with Gasteiger partial charge in [0.25, 0.3) is 5.69 Å². The van der Waals surface area contributed by atoms with Crippen molar-refractivity contribution < 1.29 is 22.9 Å². The summed E-state index contributed by atoms with van der Waals surface area (Å²) >= 11 is 1.68. The van der Waals surface area contributed by atoms with Gasteiger partial charge in [-0.15, -0.1) is 0 Å². The van der Waals surface area contributed by atoms with Crippen LogP contribution in [-0.2, 0) is 11.0 Å². The van der Waals surface area contributed by atoms with Crippen molar-refractivity contribution in [1.29, 1.82) is 0 Å². The molecule has 0 spiro atoms. The largest absolute Gasteiger partial charge is 0.420 e. The summed E-state index contributed by atoms with van der Waals surface area (Å²) in [6.07, 6.45) is -2.97. The summed E-state index contributed by atoms with van der Waals surface area (Å²) in [7, 11) is 0. The highest BCUT2D eigenvalue weighted by atomic mass is 32.2. The van der Waals surface area contributed by atoms with E-state index in [0.717, 1.165) is 11.5 Å². The monoisotopic (exact) mass is 335 g/mol. The highest BCUT2D eigenvalue weighted by molar-refractivity contribution is 7.99. The standard InChI is InChI=1S/C12H12F3N3O3S/c13-12(14,15)9-5-8(18(20)21)6-16-10(9)17-11(19)7-1-3-22-4-2-7/h5-7H,1-4H2,(H,16,17,19). The summed E-state index contributed by atoms with van der Waals surface area (Å²) in [5.74, 6) is -0.0386. The first-order chi connectivity index (χ1) is 10.3. The maximum absolute atomic E-state index is 13.0. The number of amides is 1. The van der Waals surface area contributed by atoms with Crippen LogP contribution in [0.1, 0.15) is 18.4 Å². The molecule has 120 valence electrons. The number of halogens is 3. The van der Waals surface area contributed by atoms with Gasteiger partial charge in [-0.3, -0.25) is 14.9 Å². The maximum Gasteiger partial charge on any atom is 0.420 e. The zero-order chi connectivity index (χ0) is 16.3. The van der Waals surface area contributed by atoms with E-state index < -0.39 is 34.1 Å². The minimum absolute atomic E-state index is 0.362. The first-order valence-corrected chi connectivity index (χ1v) is 7.54. The van der Waals surface area contributed by atoms with Crippen molar-refractivity contribution in [2.24, 2.45) is 5.92 Å². The third-order valence-corrected chi connectivity index (χ3v) is 4.27. The fourth-order valence-electron chi connectivity index (χ4n) is 2.05. The molecule has 0 radical (unpaired) electrons. The topological polar surface area (TPSA) is 85.1 Å². The molecule has 1 aliphatic heterocycles. The number of hydrogen-bond donors (Lipinski definition) is 1. The number of carbonyl (C=O) groups is 1. The van der Waals surface area contributed by atoms with Crippen molar-refractivity contribution in [3.63, 3.8) is 0 Å². The lowest BCUT2D eigenvalue weighted by Crippen LogP contribution is -2.27. The van der Waals surface area contributed by atoms with E-state index in [9.17, 15) is 28.1 Å². The average molecular weight is 335 g/mol. The van der Waals surface area contributed by atoms with Crippen LogP contribution in [0.2, 0.25) is 0 Å². The molecular formula is C12H12F3N3O3S. The van der Waals surface area contributed by atoms with E-state index in [2.05, 4.69) is 10.3 Å². The number of hydrogen-bond acceptors (Lipinski definition) is 5. The fourth-order valence-corrected chi connectivity index (χ4v) is 3.15. The molecule has 2 rings (SSSR count). The second-order valence-electron chi connectivity index (χ2n) is 4.72. The van der Waals surface area contributed by atoms with Gasteiger partial charge in [-0.25, -0.2) is 4.98 Å². The van der Waals surface area contributed by atoms with E-state index in [1.807, 2.05) is 0 Å². The highest BCUT2D eigenvalue weighted by Gasteiger charge is 2.37. The Balaban J connectivity index is 2.25. The van der Waals surface area contributed by atoms with E-state index in [1.165, 1.54) is 0 Å². The van der Waals surface area contributed by atoms with Gasteiger partial charge in [0.15, 0.2) is 0 Å². The molecule has 0 aromatic carbocycles. The zero-order valence-corrected chi connectivity index (χ0v) is 12.0. The van der Waals surface area contributed by atoms with Gasteiger partial charge in [0, 0.05) is 12.0 Å². The molecule has 1 aromatic rings. The van der Waals surface area contributed by atoms with Crippen molar-refractivity contribution in [2.45, 2.75) is 19.0 Å². The van der Waals surface area contributed by atoms with Crippen LogP contribution in [-0.4, -0.2) is 27.3 Å².